The van der Waals surface area contributed by atoms with Gasteiger partial charge in [-0.05, 0) is 47.7 Å². The molecule has 38 heavy (non-hydrogen) atoms. The van der Waals surface area contributed by atoms with Gasteiger partial charge in [0.05, 0.1) is 22.1 Å². The van der Waals surface area contributed by atoms with Crippen LogP contribution in [0.15, 0.2) is 121 Å². The standard InChI is InChI=1S/C35H26N2S/c1-3-11-23(12-4-1)25-21-30(24-13-5-2-6-14-24)36-33(22-25)37-31-17-9-7-15-26(31)28-19-20-29-27-16-8-10-18-32(27)38-35(29)34(28)37/h2-3,5-22,26,31H,1,4H2. The summed E-state index contributed by atoms with van der Waals surface area (Å²) < 4.78 is 2.69. The van der Waals surface area contributed by atoms with Gasteiger partial charge in [0.2, 0.25) is 0 Å². The van der Waals surface area contributed by atoms with Crippen LogP contribution >= 0.6 is 11.3 Å². The molecule has 3 aromatic carbocycles. The van der Waals surface area contributed by atoms with Crippen molar-refractivity contribution in [2.24, 2.45) is 0 Å². The van der Waals surface area contributed by atoms with E-state index in [1.54, 1.807) is 0 Å². The Bertz CT molecular complexity index is 1840. The minimum atomic E-state index is 0.202. The molecule has 0 spiro atoms. The first-order chi connectivity index (χ1) is 18.8. The number of benzene rings is 3. The number of hydrogen-bond donors (Lipinski definition) is 0. The lowest BCUT2D eigenvalue weighted by Crippen LogP contribution is -2.29. The molecule has 0 saturated carbocycles. The Labute approximate surface area is 226 Å². The first-order valence-corrected chi connectivity index (χ1v) is 14.2. The number of allylic oxidation sites excluding steroid dienone is 6. The Morgan fingerprint density at radius 3 is 2.55 bits per heavy atom. The average Bonchev–Trinajstić information content (AvgIpc) is 3.54. The van der Waals surface area contributed by atoms with Crippen molar-refractivity contribution in [1.29, 1.82) is 0 Å². The van der Waals surface area contributed by atoms with Gasteiger partial charge in [0.25, 0.3) is 0 Å². The molecule has 3 aliphatic rings. The van der Waals surface area contributed by atoms with Gasteiger partial charge < -0.3 is 4.90 Å². The largest absolute Gasteiger partial charge is 0.317 e. The van der Waals surface area contributed by atoms with E-state index in [-0.39, 0.29) is 6.04 Å². The van der Waals surface area contributed by atoms with Gasteiger partial charge in [0, 0.05) is 27.0 Å². The third kappa shape index (κ3) is 3.35. The van der Waals surface area contributed by atoms with E-state index in [1.807, 2.05) is 11.3 Å². The molecule has 0 bridgehead atoms. The monoisotopic (exact) mass is 506 g/mol. The zero-order valence-electron chi connectivity index (χ0n) is 20.9. The van der Waals surface area contributed by atoms with Crippen LogP contribution in [-0.2, 0) is 0 Å². The van der Waals surface area contributed by atoms with E-state index < -0.39 is 0 Å². The Hall–Kier alpha value is -4.21. The van der Waals surface area contributed by atoms with E-state index in [2.05, 4.69) is 126 Å². The fraction of sp³-hybridized carbons (Fsp3) is 0.114. The van der Waals surface area contributed by atoms with Crippen LogP contribution < -0.4 is 4.90 Å². The van der Waals surface area contributed by atoms with Crippen LogP contribution in [0, 0.1) is 0 Å². The van der Waals surface area contributed by atoms with Gasteiger partial charge in [-0.3, -0.25) is 0 Å². The minimum absolute atomic E-state index is 0.202. The molecule has 1 aliphatic heterocycles. The summed E-state index contributed by atoms with van der Waals surface area (Å²) in [7, 11) is 0. The van der Waals surface area contributed by atoms with Crippen LogP contribution in [0.4, 0.5) is 11.5 Å². The second kappa shape index (κ2) is 8.68. The molecule has 0 radical (unpaired) electrons. The van der Waals surface area contributed by atoms with Gasteiger partial charge >= 0.3 is 0 Å². The topological polar surface area (TPSA) is 16.1 Å². The number of rotatable bonds is 3. The molecule has 0 amide bonds. The summed E-state index contributed by atoms with van der Waals surface area (Å²) in [5.41, 5.74) is 7.38. The lowest BCUT2D eigenvalue weighted by molar-refractivity contribution is 0.739. The van der Waals surface area contributed by atoms with Gasteiger partial charge in [-0.15, -0.1) is 11.3 Å². The summed E-state index contributed by atoms with van der Waals surface area (Å²) in [6, 6.07) is 28.8. The summed E-state index contributed by atoms with van der Waals surface area (Å²) in [6.07, 6.45) is 18.2. The Morgan fingerprint density at radius 1 is 0.789 bits per heavy atom. The number of fused-ring (bicyclic) bond motifs is 7. The molecule has 3 heterocycles. The second-order valence-electron chi connectivity index (χ2n) is 10.2. The highest BCUT2D eigenvalue weighted by atomic mass is 32.1. The van der Waals surface area contributed by atoms with Crippen LogP contribution in [0.2, 0.25) is 0 Å². The van der Waals surface area contributed by atoms with Crippen LogP contribution in [0.3, 0.4) is 0 Å². The zero-order valence-corrected chi connectivity index (χ0v) is 21.7. The van der Waals surface area contributed by atoms with Crippen molar-refractivity contribution in [3.63, 3.8) is 0 Å². The quantitative estimate of drug-likeness (QED) is 0.242. The number of hydrogen-bond acceptors (Lipinski definition) is 3. The van der Waals surface area contributed by atoms with Crippen molar-refractivity contribution >= 4 is 48.6 Å². The zero-order chi connectivity index (χ0) is 25.1. The van der Waals surface area contributed by atoms with E-state index in [0.29, 0.717) is 5.92 Å². The highest BCUT2D eigenvalue weighted by Gasteiger charge is 2.40. The molecule has 2 aromatic heterocycles. The second-order valence-corrected chi connectivity index (χ2v) is 11.3. The molecule has 182 valence electrons. The van der Waals surface area contributed by atoms with Crippen molar-refractivity contribution in [2.75, 3.05) is 4.90 Å². The molecule has 3 heteroatoms. The molecule has 8 rings (SSSR count). The van der Waals surface area contributed by atoms with E-state index in [1.165, 1.54) is 42.6 Å². The fourth-order valence-corrected chi connectivity index (χ4v) is 7.50. The van der Waals surface area contributed by atoms with Crippen molar-refractivity contribution in [3.05, 3.63) is 133 Å². The van der Waals surface area contributed by atoms with Crippen molar-refractivity contribution in [1.82, 2.24) is 4.98 Å². The van der Waals surface area contributed by atoms with Crippen LogP contribution in [0.25, 0.3) is 37.0 Å². The molecular formula is C35H26N2S. The van der Waals surface area contributed by atoms with E-state index in [9.17, 15) is 0 Å². The molecule has 2 unspecified atom stereocenters. The lowest BCUT2D eigenvalue weighted by Gasteiger charge is -2.29. The molecule has 0 saturated heterocycles. The SMILES string of the molecule is C1=CC2c3ccc4c(sc5ccccc54)c3N(c3cc(C4=CCCC=C4)cc(-c4ccccc4)n3)C2C=C1. The first kappa shape index (κ1) is 21.8. The predicted octanol–water partition coefficient (Wildman–Crippen LogP) is 9.58. The Kier molecular flexibility index (Phi) is 4.99. The molecule has 5 aromatic rings. The fourth-order valence-electron chi connectivity index (χ4n) is 6.24. The average molecular weight is 507 g/mol. The van der Waals surface area contributed by atoms with Gasteiger partial charge in [0.15, 0.2) is 0 Å². The normalized spacial score (nSPS) is 19.7. The van der Waals surface area contributed by atoms with Gasteiger partial charge in [0.1, 0.15) is 5.82 Å². The van der Waals surface area contributed by atoms with E-state index in [0.717, 1.165) is 29.9 Å². The summed E-state index contributed by atoms with van der Waals surface area (Å²) in [6.45, 7) is 0. The van der Waals surface area contributed by atoms with Crippen LogP contribution in [-0.4, -0.2) is 11.0 Å². The van der Waals surface area contributed by atoms with Gasteiger partial charge in [-0.25, -0.2) is 4.98 Å². The summed E-state index contributed by atoms with van der Waals surface area (Å²) in [5, 5.41) is 2.67. The molecule has 0 fully saturated rings. The van der Waals surface area contributed by atoms with Gasteiger partial charge in [-0.2, -0.15) is 0 Å². The molecule has 0 N–H and O–H groups in total. The smallest absolute Gasteiger partial charge is 0.134 e. The molecule has 2 aliphatic carbocycles. The predicted molar refractivity (Wildman–Crippen MR) is 162 cm³/mol. The highest BCUT2D eigenvalue weighted by molar-refractivity contribution is 7.26. The highest BCUT2D eigenvalue weighted by Crippen LogP contribution is 2.53. The van der Waals surface area contributed by atoms with Crippen molar-refractivity contribution in [3.8, 4) is 11.3 Å². The van der Waals surface area contributed by atoms with Crippen LogP contribution in [0.5, 0.6) is 0 Å². The maximum Gasteiger partial charge on any atom is 0.134 e. The lowest BCUT2D eigenvalue weighted by atomic mass is 9.91. The third-order valence-corrected chi connectivity index (χ3v) is 9.21. The Morgan fingerprint density at radius 2 is 1.66 bits per heavy atom. The van der Waals surface area contributed by atoms with Crippen molar-refractivity contribution < 1.29 is 0 Å². The first-order valence-electron chi connectivity index (χ1n) is 13.4. The van der Waals surface area contributed by atoms with Gasteiger partial charge in [-0.1, -0.05) is 103 Å². The van der Waals surface area contributed by atoms with Crippen molar-refractivity contribution in [2.45, 2.75) is 24.8 Å². The minimum Gasteiger partial charge on any atom is -0.317 e. The number of nitrogens with zero attached hydrogens (tertiary/aromatic N) is 2. The summed E-state index contributed by atoms with van der Waals surface area (Å²) in [4.78, 5) is 7.87. The van der Waals surface area contributed by atoms with E-state index >= 15 is 0 Å². The maximum absolute atomic E-state index is 5.35. The third-order valence-electron chi connectivity index (χ3n) is 8.01. The Balaban J connectivity index is 1.40. The number of anilines is 2. The molecular weight excluding hydrogens is 480 g/mol. The number of pyridine rings is 1. The number of aromatic nitrogens is 1. The molecule has 2 atom stereocenters. The summed E-state index contributed by atoms with van der Waals surface area (Å²) in [5.74, 6) is 1.32. The maximum atomic E-state index is 5.35. The molecule has 2 nitrogen and oxygen atoms in total. The van der Waals surface area contributed by atoms with Crippen LogP contribution in [0.1, 0.15) is 29.9 Å². The van der Waals surface area contributed by atoms with E-state index in [4.69, 9.17) is 4.98 Å². The summed E-state index contributed by atoms with van der Waals surface area (Å²) >= 11 is 1.90. The number of thiophene rings is 1.